The first-order chi connectivity index (χ1) is 6.95. The highest BCUT2D eigenvalue weighted by atomic mass is 19.4. The number of aryl methyl sites for hydroxylation is 1. The van der Waals surface area contributed by atoms with Gasteiger partial charge in [0.1, 0.15) is 0 Å². The number of alkyl halides is 3. The van der Waals surface area contributed by atoms with Crippen molar-refractivity contribution in [2.45, 2.75) is 26.4 Å². The normalized spacial score (nSPS) is 11.5. The Bertz CT molecular complexity index is 331. The van der Waals surface area contributed by atoms with Gasteiger partial charge in [-0.15, -0.1) is 0 Å². The lowest BCUT2D eigenvalue weighted by Gasteiger charge is -2.12. The van der Waals surface area contributed by atoms with Crippen molar-refractivity contribution < 1.29 is 13.2 Å². The lowest BCUT2D eigenvalue weighted by molar-refractivity contribution is -0.137. The van der Waals surface area contributed by atoms with E-state index in [1.54, 1.807) is 6.92 Å². The van der Waals surface area contributed by atoms with Crippen molar-refractivity contribution in [2.75, 3.05) is 11.9 Å². The van der Waals surface area contributed by atoms with Crippen molar-refractivity contribution in [3.8, 4) is 0 Å². The van der Waals surface area contributed by atoms with Gasteiger partial charge in [0.2, 0.25) is 0 Å². The van der Waals surface area contributed by atoms with Gasteiger partial charge in [-0.05, 0) is 31.0 Å². The fourth-order valence-corrected chi connectivity index (χ4v) is 1.25. The summed E-state index contributed by atoms with van der Waals surface area (Å²) >= 11 is 0. The zero-order valence-electron chi connectivity index (χ0n) is 8.78. The third kappa shape index (κ3) is 3.15. The lowest BCUT2D eigenvalue weighted by atomic mass is 10.1. The number of hydrogen-bond donors (Lipinski definition) is 1. The van der Waals surface area contributed by atoms with Crippen molar-refractivity contribution in [3.05, 3.63) is 29.3 Å². The van der Waals surface area contributed by atoms with Gasteiger partial charge in [0.25, 0.3) is 0 Å². The smallest absolute Gasteiger partial charge is 0.385 e. The van der Waals surface area contributed by atoms with Crippen LogP contribution >= 0.6 is 0 Å². The highest BCUT2D eigenvalue weighted by molar-refractivity contribution is 5.53. The van der Waals surface area contributed by atoms with Crippen LogP contribution in [-0.4, -0.2) is 6.54 Å². The fraction of sp³-hybridized carbons (Fsp3) is 0.455. The van der Waals surface area contributed by atoms with Crippen molar-refractivity contribution in [1.29, 1.82) is 0 Å². The summed E-state index contributed by atoms with van der Waals surface area (Å²) in [6, 6.07) is 3.75. The molecule has 1 aromatic carbocycles. The maximum atomic E-state index is 12.4. The van der Waals surface area contributed by atoms with Crippen LogP contribution in [0.5, 0.6) is 0 Å². The molecule has 84 valence electrons. The largest absolute Gasteiger partial charge is 0.416 e. The van der Waals surface area contributed by atoms with Crippen LogP contribution < -0.4 is 5.32 Å². The quantitative estimate of drug-likeness (QED) is 0.811. The van der Waals surface area contributed by atoms with E-state index in [1.807, 2.05) is 6.92 Å². The molecule has 1 nitrogen and oxygen atoms in total. The van der Waals surface area contributed by atoms with E-state index in [1.165, 1.54) is 6.07 Å². The molecule has 0 amide bonds. The highest BCUT2D eigenvalue weighted by Gasteiger charge is 2.30. The summed E-state index contributed by atoms with van der Waals surface area (Å²) in [4.78, 5) is 0. The van der Waals surface area contributed by atoms with Crippen LogP contribution in [0.25, 0.3) is 0 Å². The molecule has 0 aliphatic rings. The number of benzene rings is 1. The Morgan fingerprint density at radius 2 is 1.93 bits per heavy atom. The molecular weight excluding hydrogens is 203 g/mol. The third-order valence-corrected chi connectivity index (χ3v) is 2.13. The van der Waals surface area contributed by atoms with Gasteiger partial charge in [0.15, 0.2) is 0 Å². The second-order valence-electron chi connectivity index (χ2n) is 3.45. The molecule has 0 aliphatic carbocycles. The molecule has 0 saturated heterocycles. The van der Waals surface area contributed by atoms with Crippen molar-refractivity contribution in [3.63, 3.8) is 0 Å². The molecular formula is C11H14F3N. The van der Waals surface area contributed by atoms with Crippen LogP contribution in [0, 0.1) is 6.92 Å². The van der Waals surface area contributed by atoms with E-state index in [0.29, 0.717) is 12.2 Å². The van der Waals surface area contributed by atoms with Crippen molar-refractivity contribution >= 4 is 5.69 Å². The van der Waals surface area contributed by atoms with E-state index in [9.17, 15) is 13.2 Å². The number of hydrogen-bond acceptors (Lipinski definition) is 1. The molecule has 1 N–H and O–H groups in total. The maximum absolute atomic E-state index is 12.4. The van der Waals surface area contributed by atoms with E-state index in [2.05, 4.69) is 5.32 Å². The molecule has 1 rings (SSSR count). The summed E-state index contributed by atoms with van der Waals surface area (Å²) in [6.45, 7) is 4.44. The lowest BCUT2D eigenvalue weighted by Crippen LogP contribution is -2.08. The van der Waals surface area contributed by atoms with Gasteiger partial charge in [0, 0.05) is 12.2 Å². The Hall–Kier alpha value is -1.19. The second kappa shape index (κ2) is 4.55. The van der Waals surface area contributed by atoms with E-state index in [4.69, 9.17) is 0 Å². The molecule has 15 heavy (non-hydrogen) atoms. The van der Waals surface area contributed by atoms with Crippen LogP contribution in [0.2, 0.25) is 0 Å². The van der Waals surface area contributed by atoms with Gasteiger partial charge >= 0.3 is 6.18 Å². The molecule has 0 aliphatic heterocycles. The monoisotopic (exact) mass is 217 g/mol. The predicted octanol–water partition coefficient (Wildman–Crippen LogP) is 3.84. The second-order valence-corrected chi connectivity index (χ2v) is 3.45. The Kier molecular flexibility index (Phi) is 3.61. The Morgan fingerprint density at radius 1 is 1.27 bits per heavy atom. The van der Waals surface area contributed by atoms with Crippen LogP contribution in [0.3, 0.4) is 0 Å². The zero-order chi connectivity index (χ0) is 11.5. The highest BCUT2D eigenvalue weighted by Crippen LogP contribution is 2.31. The molecule has 0 heterocycles. The Labute approximate surface area is 87.3 Å². The number of halogens is 3. The van der Waals surface area contributed by atoms with E-state index in [-0.39, 0.29) is 0 Å². The summed E-state index contributed by atoms with van der Waals surface area (Å²) in [6.07, 6.45) is -3.38. The average molecular weight is 217 g/mol. The third-order valence-electron chi connectivity index (χ3n) is 2.13. The molecule has 0 spiro atoms. The molecule has 1 aromatic rings. The van der Waals surface area contributed by atoms with E-state index in [0.717, 1.165) is 24.1 Å². The maximum Gasteiger partial charge on any atom is 0.416 e. The first kappa shape index (κ1) is 11.9. The minimum absolute atomic E-state index is 0.562. The van der Waals surface area contributed by atoms with Gasteiger partial charge < -0.3 is 5.32 Å². The van der Waals surface area contributed by atoms with E-state index >= 15 is 0 Å². The molecule has 0 atom stereocenters. The summed E-state index contributed by atoms with van der Waals surface area (Å²) < 4.78 is 37.2. The standard InChI is InChI=1S/C11H14F3N/c1-3-6-15-10-7-9(11(12,13)14)5-4-8(10)2/h4-5,7,15H,3,6H2,1-2H3. The molecule has 0 fully saturated rings. The summed E-state index contributed by atoms with van der Waals surface area (Å²) in [5.41, 5.74) is 0.787. The van der Waals surface area contributed by atoms with Crippen molar-refractivity contribution in [1.82, 2.24) is 0 Å². The molecule has 0 saturated carbocycles. The minimum atomic E-state index is -4.27. The number of nitrogens with one attached hydrogen (secondary N) is 1. The van der Waals surface area contributed by atoms with Crippen LogP contribution in [0.15, 0.2) is 18.2 Å². The van der Waals surface area contributed by atoms with E-state index < -0.39 is 11.7 Å². The number of anilines is 1. The topological polar surface area (TPSA) is 12.0 Å². The average Bonchev–Trinajstić information content (AvgIpc) is 2.15. The Morgan fingerprint density at radius 3 is 2.47 bits per heavy atom. The molecule has 0 unspecified atom stereocenters. The molecule has 0 radical (unpaired) electrons. The van der Waals surface area contributed by atoms with Gasteiger partial charge in [-0.1, -0.05) is 13.0 Å². The molecule has 4 heteroatoms. The SMILES string of the molecule is CCCNc1cc(C(F)(F)F)ccc1C. The zero-order valence-corrected chi connectivity index (χ0v) is 8.78. The molecule has 0 aromatic heterocycles. The van der Waals surface area contributed by atoms with Gasteiger partial charge in [0.05, 0.1) is 5.56 Å². The summed E-state index contributed by atoms with van der Waals surface area (Å²) in [5, 5.41) is 2.98. The van der Waals surface area contributed by atoms with Gasteiger partial charge in [-0.3, -0.25) is 0 Å². The minimum Gasteiger partial charge on any atom is -0.385 e. The van der Waals surface area contributed by atoms with Crippen LogP contribution in [-0.2, 0) is 6.18 Å². The number of rotatable bonds is 3. The summed E-state index contributed by atoms with van der Waals surface area (Å²) in [7, 11) is 0. The summed E-state index contributed by atoms with van der Waals surface area (Å²) in [5.74, 6) is 0. The first-order valence-electron chi connectivity index (χ1n) is 4.87. The van der Waals surface area contributed by atoms with Crippen molar-refractivity contribution in [2.24, 2.45) is 0 Å². The van der Waals surface area contributed by atoms with Crippen LogP contribution in [0.4, 0.5) is 18.9 Å². The fourth-order valence-electron chi connectivity index (χ4n) is 1.25. The van der Waals surface area contributed by atoms with Gasteiger partial charge in [-0.25, -0.2) is 0 Å². The van der Waals surface area contributed by atoms with Gasteiger partial charge in [-0.2, -0.15) is 13.2 Å². The Balaban J connectivity index is 2.95. The predicted molar refractivity (Wildman–Crippen MR) is 55.0 cm³/mol. The first-order valence-corrected chi connectivity index (χ1v) is 4.87. The van der Waals surface area contributed by atoms with Crippen LogP contribution in [0.1, 0.15) is 24.5 Å². The molecule has 0 bridgehead atoms.